The number of hydrogen-bond acceptors (Lipinski definition) is 3. The van der Waals surface area contributed by atoms with Crippen molar-refractivity contribution in [3.8, 4) is 0 Å². The van der Waals surface area contributed by atoms with Crippen molar-refractivity contribution in [3.05, 3.63) is 24.0 Å². The Labute approximate surface area is 101 Å². The van der Waals surface area contributed by atoms with Gasteiger partial charge in [-0.3, -0.25) is 4.98 Å². The monoisotopic (exact) mass is 240 g/mol. The molecule has 1 saturated heterocycles. The van der Waals surface area contributed by atoms with Gasteiger partial charge in [-0.2, -0.15) is 0 Å². The molecule has 1 fully saturated rings. The molecule has 1 aliphatic heterocycles. The summed E-state index contributed by atoms with van der Waals surface area (Å²) in [6.45, 7) is 6.06. The number of anilines is 1. The maximum Gasteiger partial charge on any atom is 0.0726 e. The van der Waals surface area contributed by atoms with Crippen molar-refractivity contribution in [2.45, 2.75) is 31.9 Å². The predicted octanol–water partition coefficient (Wildman–Crippen LogP) is 2.43. The molecule has 0 aromatic carbocycles. The van der Waals surface area contributed by atoms with Gasteiger partial charge in [-0.05, 0) is 26.0 Å². The van der Waals surface area contributed by atoms with Crippen molar-refractivity contribution in [2.75, 3.05) is 18.0 Å². The highest BCUT2D eigenvalue weighted by Crippen LogP contribution is 2.20. The van der Waals surface area contributed by atoms with Crippen molar-refractivity contribution in [2.24, 2.45) is 0 Å². The molecule has 0 aliphatic carbocycles. The van der Waals surface area contributed by atoms with Crippen LogP contribution in [-0.2, 0) is 10.6 Å². The van der Waals surface area contributed by atoms with Crippen molar-refractivity contribution in [1.82, 2.24) is 4.98 Å². The zero-order valence-corrected chi connectivity index (χ0v) is 10.4. The van der Waals surface area contributed by atoms with E-state index in [0.29, 0.717) is 5.88 Å². The Morgan fingerprint density at radius 2 is 2.12 bits per heavy atom. The summed E-state index contributed by atoms with van der Waals surface area (Å²) in [5, 5.41) is 0. The first-order chi connectivity index (χ1) is 7.69. The third kappa shape index (κ3) is 2.66. The van der Waals surface area contributed by atoms with Gasteiger partial charge in [0.2, 0.25) is 0 Å². The van der Waals surface area contributed by atoms with Crippen molar-refractivity contribution < 1.29 is 4.74 Å². The number of pyridine rings is 1. The molecule has 0 amide bonds. The summed E-state index contributed by atoms with van der Waals surface area (Å²) < 4.78 is 5.71. The first kappa shape index (κ1) is 11.7. The fourth-order valence-corrected chi connectivity index (χ4v) is 2.27. The Hall–Kier alpha value is -0.800. The first-order valence-electron chi connectivity index (χ1n) is 5.60. The van der Waals surface area contributed by atoms with Gasteiger partial charge in [-0.1, -0.05) is 0 Å². The highest BCUT2D eigenvalue weighted by atomic mass is 35.5. The van der Waals surface area contributed by atoms with E-state index in [2.05, 4.69) is 29.8 Å². The van der Waals surface area contributed by atoms with Gasteiger partial charge in [0.05, 0.1) is 23.8 Å². The predicted molar refractivity (Wildman–Crippen MR) is 66.0 cm³/mol. The molecule has 4 heteroatoms. The molecule has 0 saturated carbocycles. The summed E-state index contributed by atoms with van der Waals surface area (Å²) in [4.78, 5) is 6.53. The number of halogens is 1. The van der Waals surface area contributed by atoms with Crippen LogP contribution in [0.2, 0.25) is 0 Å². The molecule has 0 bridgehead atoms. The molecular weight excluding hydrogens is 224 g/mol. The lowest BCUT2D eigenvalue weighted by Crippen LogP contribution is -2.45. The third-order valence-corrected chi connectivity index (χ3v) is 3.00. The highest BCUT2D eigenvalue weighted by molar-refractivity contribution is 6.16. The average molecular weight is 241 g/mol. The minimum Gasteiger partial charge on any atom is -0.372 e. The number of morpholine rings is 1. The molecule has 2 heterocycles. The summed E-state index contributed by atoms with van der Waals surface area (Å²) in [5.74, 6) is 0.462. The van der Waals surface area contributed by atoms with Gasteiger partial charge in [0, 0.05) is 25.0 Å². The second-order valence-corrected chi connectivity index (χ2v) is 4.57. The molecule has 1 aromatic heterocycles. The second-order valence-electron chi connectivity index (χ2n) is 4.30. The average Bonchev–Trinajstić information content (AvgIpc) is 2.28. The SMILES string of the molecule is CC1CN(c2ccnc(CCl)c2)CC(C)O1. The van der Waals surface area contributed by atoms with Crippen LogP contribution in [0.5, 0.6) is 0 Å². The van der Waals surface area contributed by atoms with E-state index in [4.69, 9.17) is 16.3 Å². The zero-order chi connectivity index (χ0) is 11.5. The molecule has 0 N–H and O–H groups in total. The molecule has 0 radical (unpaired) electrons. The first-order valence-corrected chi connectivity index (χ1v) is 6.14. The Balaban J connectivity index is 2.16. The Morgan fingerprint density at radius 1 is 1.44 bits per heavy atom. The Bertz CT molecular complexity index is 349. The summed E-state index contributed by atoms with van der Waals surface area (Å²) in [5.41, 5.74) is 2.11. The Morgan fingerprint density at radius 3 is 2.75 bits per heavy atom. The fraction of sp³-hybridized carbons (Fsp3) is 0.583. The summed E-state index contributed by atoms with van der Waals surface area (Å²) in [6.07, 6.45) is 2.37. The highest BCUT2D eigenvalue weighted by Gasteiger charge is 2.22. The van der Waals surface area contributed by atoms with Gasteiger partial charge in [-0.25, -0.2) is 0 Å². The molecule has 2 unspecified atom stereocenters. The van der Waals surface area contributed by atoms with Crippen LogP contribution in [0.3, 0.4) is 0 Å². The number of hydrogen-bond donors (Lipinski definition) is 0. The van der Waals surface area contributed by atoms with Crippen LogP contribution in [0, 0.1) is 0 Å². The zero-order valence-electron chi connectivity index (χ0n) is 9.69. The molecule has 1 aliphatic rings. The Kier molecular flexibility index (Phi) is 3.66. The molecule has 2 rings (SSSR count). The molecule has 2 atom stereocenters. The van der Waals surface area contributed by atoms with E-state index in [1.165, 1.54) is 5.69 Å². The van der Waals surface area contributed by atoms with Gasteiger partial charge in [0.25, 0.3) is 0 Å². The minimum atomic E-state index is 0.274. The second kappa shape index (κ2) is 5.02. The maximum absolute atomic E-state index is 5.79. The normalized spacial score (nSPS) is 25.8. The molecule has 16 heavy (non-hydrogen) atoms. The molecule has 0 spiro atoms. The summed E-state index contributed by atoms with van der Waals surface area (Å²) >= 11 is 5.79. The summed E-state index contributed by atoms with van der Waals surface area (Å²) in [6, 6.07) is 4.08. The lowest BCUT2D eigenvalue weighted by atomic mass is 10.2. The molecular formula is C12H17ClN2O. The van der Waals surface area contributed by atoms with E-state index in [1.54, 1.807) is 0 Å². The molecule has 88 valence electrons. The fourth-order valence-electron chi connectivity index (χ4n) is 2.12. The van der Waals surface area contributed by atoms with Crippen molar-refractivity contribution in [1.29, 1.82) is 0 Å². The van der Waals surface area contributed by atoms with E-state index >= 15 is 0 Å². The van der Waals surface area contributed by atoms with E-state index in [-0.39, 0.29) is 12.2 Å². The number of alkyl halides is 1. The van der Waals surface area contributed by atoms with E-state index in [1.807, 2.05) is 12.3 Å². The topological polar surface area (TPSA) is 25.4 Å². The third-order valence-electron chi connectivity index (χ3n) is 2.72. The number of aromatic nitrogens is 1. The van der Waals surface area contributed by atoms with Crippen LogP contribution in [0.1, 0.15) is 19.5 Å². The van der Waals surface area contributed by atoms with Gasteiger partial charge >= 0.3 is 0 Å². The lowest BCUT2D eigenvalue weighted by Gasteiger charge is -2.36. The van der Waals surface area contributed by atoms with Crippen LogP contribution >= 0.6 is 11.6 Å². The number of ether oxygens (including phenoxy) is 1. The van der Waals surface area contributed by atoms with Crippen LogP contribution in [0.25, 0.3) is 0 Å². The smallest absolute Gasteiger partial charge is 0.0726 e. The van der Waals surface area contributed by atoms with E-state index < -0.39 is 0 Å². The van der Waals surface area contributed by atoms with Gasteiger partial charge in [0.1, 0.15) is 0 Å². The largest absolute Gasteiger partial charge is 0.372 e. The van der Waals surface area contributed by atoms with Crippen LogP contribution in [0.15, 0.2) is 18.3 Å². The summed E-state index contributed by atoms with van der Waals surface area (Å²) in [7, 11) is 0. The van der Waals surface area contributed by atoms with Gasteiger partial charge in [-0.15, -0.1) is 11.6 Å². The van der Waals surface area contributed by atoms with E-state index in [9.17, 15) is 0 Å². The van der Waals surface area contributed by atoms with Crippen LogP contribution in [-0.4, -0.2) is 30.3 Å². The number of rotatable bonds is 2. The lowest BCUT2D eigenvalue weighted by molar-refractivity contribution is -0.00522. The molecule has 1 aromatic rings. The van der Waals surface area contributed by atoms with Gasteiger partial charge in [0.15, 0.2) is 0 Å². The van der Waals surface area contributed by atoms with Gasteiger partial charge < -0.3 is 9.64 Å². The number of nitrogens with zero attached hydrogens (tertiary/aromatic N) is 2. The van der Waals surface area contributed by atoms with Crippen molar-refractivity contribution >= 4 is 17.3 Å². The maximum atomic E-state index is 5.79. The minimum absolute atomic E-state index is 0.274. The standard InChI is InChI=1S/C12H17ClN2O/c1-9-7-15(8-10(2)16-9)12-3-4-14-11(5-12)6-13/h3-5,9-10H,6-8H2,1-2H3. The van der Waals surface area contributed by atoms with Crippen molar-refractivity contribution in [3.63, 3.8) is 0 Å². The quantitative estimate of drug-likeness (QED) is 0.743. The van der Waals surface area contributed by atoms with Crippen LogP contribution < -0.4 is 4.90 Å². The molecule has 3 nitrogen and oxygen atoms in total. The van der Waals surface area contributed by atoms with E-state index in [0.717, 1.165) is 18.8 Å². The van der Waals surface area contributed by atoms with Crippen LogP contribution in [0.4, 0.5) is 5.69 Å².